The van der Waals surface area contributed by atoms with E-state index in [9.17, 15) is 4.39 Å². The van der Waals surface area contributed by atoms with E-state index >= 15 is 0 Å². The summed E-state index contributed by atoms with van der Waals surface area (Å²) in [6.07, 6.45) is 1.42. The molecule has 0 radical (unpaired) electrons. The molecule has 32 heavy (non-hydrogen) atoms. The minimum Gasteiger partial charge on any atom is -0.486 e. The van der Waals surface area contributed by atoms with Gasteiger partial charge in [-0.05, 0) is 59.1 Å². The van der Waals surface area contributed by atoms with Crippen molar-refractivity contribution in [2.45, 2.75) is 6.10 Å². The van der Waals surface area contributed by atoms with Crippen molar-refractivity contribution in [1.82, 2.24) is 20.2 Å². The Morgan fingerprint density at radius 2 is 2.00 bits per heavy atom. The summed E-state index contributed by atoms with van der Waals surface area (Å²) in [4.78, 5) is 11.2. The summed E-state index contributed by atoms with van der Waals surface area (Å²) in [5.41, 5.74) is 1.04. The SMILES string of the molecule is Fc1c(Br)cccc1Nc1ncnc2cc3c(cc12)OC(CN1CC2CNCC2C1)CO3. The maximum atomic E-state index is 14.5. The highest BCUT2D eigenvalue weighted by molar-refractivity contribution is 9.10. The van der Waals surface area contributed by atoms with E-state index in [2.05, 4.69) is 41.4 Å². The minimum atomic E-state index is -0.373. The number of rotatable bonds is 4. The summed E-state index contributed by atoms with van der Waals surface area (Å²) in [6, 6.07) is 8.84. The number of halogens is 2. The Morgan fingerprint density at radius 3 is 2.84 bits per heavy atom. The van der Waals surface area contributed by atoms with E-state index in [1.54, 1.807) is 18.2 Å². The number of ether oxygens (including phenoxy) is 2. The molecule has 166 valence electrons. The van der Waals surface area contributed by atoms with Gasteiger partial charge in [0.15, 0.2) is 17.3 Å². The fraction of sp³-hybridized carbons (Fsp3) is 0.391. The Morgan fingerprint density at radius 1 is 1.16 bits per heavy atom. The second kappa shape index (κ2) is 8.13. The molecule has 3 atom stereocenters. The Hall–Kier alpha value is -2.49. The number of hydrogen-bond acceptors (Lipinski definition) is 7. The lowest BCUT2D eigenvalue weighted by atomic mass is 10.0. The Kier molecular flexibility index (Phi) is 5.12. The number of fused-ring (bicyclic) bond motifs is 3. The summed E-state index contributed by atoms with van der Waals surface area (Å²) in [5, 5.41) is 7.32. The van der Waals surface area contributed by atoms with Gasteiger partial charge in [0.05, 0.1) is 15.7 Å². The molecule has 0 bridgehead atoms. The number of nitrogens with one attached hydrogen (secondary N) is 2. The van der Waals surface area contributed by atoms with E-state index in [0.717, 1.165) is 49.9 Å². The van der Waals surface area contributed by atoms with Crippen LogP contribution in [-0.4, -0.2) is 60.3 Å². The Balaban J connectivity index is 1.24. The largest absolute Gasteiger partial charge is 0.486 e. The standard InChI is InChI=1S/C23H23BrFN5O2/c24-17-2-1-3-18(22(17)25)29-23-16-4-21-20(5-19(16)27-12-28-23)31-11-15(32-21)10-30-8-13-6-26-7-14(13)9-30/h1-5,12-15,26H,6-11H2,(H,27,28,29). The van der Waals surface area contributed by atoms with Gasteiger partial charge in [0.2, 0.25) is 0 Å². The number of hydrogen-bond donors (Lipinski definition) is 2. The fourth-order valence-corrected chi connectivity index (χ4v) is 5.34. The van der Waals surface area contributed by atoms with Crippen LogP contribution in [0.2, 0.25) is 0 Å². The van der Waals surface area contributed by atoms with Gasteiger partial charge in [-0.15, -0.1) is 0 Å². The molecule has 0 saturated carbocycles. The van der Waals surface area contributed by atoms with Crippen LogP contribution in [0.3, 0.4) is 0 Å². The zero-order chi connectivity index (χ0) is 21.7. The lowest BCUT2D eigenvalue weighted by Crippen LogP contribution is -2.41. The molecule has 0 amide bonds. The molecule has 6 rings (SSSR count). The summed E-state index contributed by atoms with van der Waals surface area (Å²) in [5.74, 6) is 2.99. The van der Waals surface area contributed by atoms with Crippen LogP contribution in [0.1, 0.15) is 0 Å². The van der Waals surface area contributed by atoms with Crippen LogP contribution in [0, 0.1) is 17.7 Å². The molecule has 2 aromatic carbocycles. The molecular formula is C23H23BrFN5O2. The minimum absolute atomic E-state index is 0.0321. The lowest BCUT2D eigenvalue weighted by Gasteiger charge is -2.30. The molecule has 2 saturated heterocycles. The van der Waals surface area contributed by atoms with Crippen molar-refractivity contribution in [1.29, 1.82) is 0 Å². The second-order valence-electron chi connectivity index (χ2n) is 8.71. The van der Waals surface area contributed by atoms with Gasteiger partial charge >= 0.3 is 0 Å². The molecule has 0 spiro atoms. The summed E-state index contributed by atoms with van der Waals surface area (Å²) >= 11 is 3.22. The van der Waals surface area contributed by atoms with Crippen LogP contribution in [0.5, 0.6) is 11.5 Å². The number of likely N-dealkylation sites (tertiary alicyclic amines) is 1. The molecule has 9 heteroatoms. The van der Waals surface area contributed by atoms with Crippen LogP contribution in [0.4, 0.5) is 15.9 Å². The van der Waals surface area contributed by atoms with E-state index in [1.807, 2.05) is 12.1 Å². The first kappa shape index (κ1) is 20.1. The first-order valence-corrected chi connectivity index (χ1v) is 11.7. The predicted molar refractivity (Wildman–Crippen MR) is 123 cm³/mol. The van der Waals surface area contributed by atoms with Crippen LogP contribution in [0.15, 0.2) is 41.1 Å². The zero-order valence-corrected chi connectivity index (χ0v) is 18.9. The van der Waals surface area contributed by atoms with Crippen molar-refractivity contribution in [3.05, 3.63) is 46.9 Å². The molecular weight excluding hydrogens is 477 g/mol. The Bertz CT molecular complexity index is 1170. The lowest BCUT2D eigenvalue weighted by molar-refractivity contribution is 0.0634. The molecule has 2 N–H and O–H groups in total. The highest BCUT2D eigenvalue weighted by Crippen LogP contribution is 2.38. The third-order valence-corrected chi connectivity index (χ3v) is 7.16. The van der Waals surface area contributed by atoms with E-state index in [1.165, 1.54) is 6.33 Å². The molecule has 4 heterocycles. The van der Waals surface area contributed by atoms with Gasteiger partial charge < -0.3 is 20.1 Å². The summed E-state index contributed by atoms with van der Waals surface area (Å²) in [6.45, 7) is 5.83. The molecule has 3 aliphatic rings. The third-order valence-electron chi connectivity index (χ3n) is 6.55. The van der Waals surface area contributed by atoms with Gasteiger partial charge in [0.1, 0.15) is 24.9 Å². The number of nitrogens with zero attached hydrogens (tertiary/aromatic N) is 3. The average molecular weight is 500 g/mol. The summed E-state index contributed by atoms with van der Waals surface area (Å²) < 4.78 is 27.2. The molecule has 1 aromatic heterocycles. The monoisotopic (exact) mass is 499 g/mol. The van der Waals surface area contributed by atoms with Crippen molar-refractivity contribution in [2.24, 2.45) is 11.8 Å². The van der Waals surface area contributed by atoms with Crippen LogP contribution in [-0.2, 0) is 0 Å². The maximum Gasteiger partial charge on any atom is 0.163 e. The van der Waals surface area contributed by atoms with Gasteiger partial charge in [-0.3, -0.25) is 4.90 Å². The topological polar surface area (TPSA) is 71.5 Å². The molecule has 2 fully saturated rings. The van der Waals surface area contributed by atoms with Gasteiger partial charge in [-0.1, -0.05) is 6.07 Å². The van der Waals surface area contributed by atoms with Crippen molar-refractivity contribution in [2.75, 3.05) is 44.6 Å². The normalized spacial score (nSPS) is 24.6. The number of anilines is 2. The molecule has 7 nitrogen and oxygen atoms in total. The number of aromatic nitrogens is 2. The predicted octanol–water partition coefficient (Wildman–Crippen LogP) is 3.57. The number of benzene rings is 2. The van der Waals surface area contributed by atoms with E-state index in [-0.39, 0.29) is 11.9 Å². The fourth-order valence-electron chi connectivity index (χ4n) is 4.97. The highest BCUT2D eigenvalue weighted by Gasteiger charge is 2.37. The molecule has 3 unspecified atom stereocenters. The van der Waals surface area contributed by atoms with Crippen molar-refractivity contribution in [3.63, 3.8) is 0 Å². The Labute approximate surface area is 193 Å². The molecule has 3 aromatic rings. The summed E-state index contributed by atoms with van der Waals surface area (Å²) in [7, 11) is 0. The van der Waals surface area contributed by atoms with Crippen molar-refractivity contribution < 1.29 is 13.9 Å². The first-order chi connectivity index (χ1) is 15.6. The zero-order valence-electron chi connectivity index (χ0n) is 17.4. The van der Waals surface area contributed by atoms with Crippen molar-refractivity contribution in [3.8, 4) is 11.5 Å². The van der Waals surface area contributed by atoms with E-state index in [0.29, 0.717) is 39.6 Å². The van der Waals surface area contributed by atoms with Crippen LogP contribution >= 0.6 is 15.9 Å². The maximum absolute atomic E-state index is 14.5. The van der Waals surface area contributed by atoms with Gasteiger partial charge in [0, 0.05) is 31.1 Å². The average Bonchev–Trinajstić information content (AvgIpc) is 3.38. The first-order valence-electron chi connectivity index (χ1n) is 10.9. The van der Waals surface area contributed by atoms with Crippen LogP contribution < -0.4 is 20.1 Å². The van der Waals surface area contributed by atoms with Gasteiger partial charge in [-0.25, -0.2) is 14.4 Å². The van der Waals surface area contributed by atoms with E-state index < -0.39 is 0 Å². The van der Waals surface area contributed by atoms with Gasteiger partial charge in [0.25, 0.3) is 0 Å². The smallest absolute Gasteiger partial charge is 0.163 e. The van der Waals surface area contributed by atoms with Gasteiger partial charge in [-0.2, -0.15) is 0 Å². The third kappa shape index (κ3) is 3.68. The van der Waals surface area contributed by atoms with E-state index in [4.69, 9.17) is 9.47 Å². The highest BCUT2D eigenvalue weighted by atomic mass is 79.9. The van der Waals surface area contributed by atoms with Crippen molar-refractivity contribution >= 4 is 38.3 Å². The molecule has 0 aliphatic carbocycles. The molecule has 3 aliphatic heterocycles. The quantitative estimate of drug-likeness (QED) is 0.568. The van der Waals surface area contributed by atoms with Crippen LogP contribution in [0.25, 0.3) is 10.9 Å². The second-order valence-corrected chi connectivity index (χ2v) is 9.57.